The van der Waals surface area contributed by atoms with E-state index in [2.05, 4.69) is 10.2 Å². The highest BCUT2D eigenvalue weighted by Gasteiger charge is 2.19. The van der Waals surface area contributed by atoms with Crippen molar-refractivity contribution in [3.8, 4) is 23.4 Å². The molecule has 3 rings (SSSR count). The number of nitriles is 1. The van der Waals surface area contributed by atoms with E-state index in [4.69, 9.17) is 37.9 Å². The molecule has 0 saturated heterocycles. The summed E-state index contributed by atoms with van der Waals surface area (Å²) in [5.41, 5.74) is -2.43. The zero-order valence-electron chi connectivity index (χ0n) is 20.2. The largest absolute Gasteiger partial charge is 0.442 e. The summed E-state index contributed by atoms with van der Waals surface area (Å²) in [6.45, 7) is 6.91. The molecule has 0 radical (unpaired) electrons. The van der Waals surface area contributed by atoms with E-state index >= 15 is 0 Å². The van der Waals surface area contributed by atoms with Crippen molar-refractivity contribution in [2.75, 3.05) is 0 Å². The van der Waals surface area contributed by atoms with Gasteiger partial charge >= 0.3 is 11.7 Å². The molecule has 0 aliphatic carbocycles. The predicted molar refractivity (Wildman–Crippen MR) is 133 cm³/mol. The van der Waals surface area contributed by atoms with Gasteiger partial charge in [0.1, 0.15) is 6.07 Å². The van der Waals surface area contributed by atoms with Crippen molar-refractivity contribution >= 4 is 29.2 Å². The summed E-state index contributed by atoms with van der Waals surface area (Å²) >= 11 is 12.7. The first-order valence-corrected chi connectivity index (χ1v) is 11.8. The third kappa shape index (κ3) is 6.44. The number of hydrogen-bond donors (Lipinski definition) is 1. The van der Waals surface area contributed by atoms with Crippen LogP contribution in [-0.4, -0.2) is 30.5 Å². The van der Waals surface area contributed by atoms with E-state index in [0.717, 1.165) is 9.36 Å². The van der Waals surface area contributed by atoms with Gasteiger partial charge in [-0.3, -0.25) is 19.4 Å². The minimum atomic E-state index is -0.932. The molecule has 2 heterocycles. The van der Waals surface area contributed by atoms with Crippen LogP contribution in [0.4, 0.5) is 0 Å². The maximum atomic E-state index is 12.8. The maximum absolute atomic E-state index is 12.8. The van der Waals surface area contributed by atoms with E-state index in [1.54, 1.807) is 19.9 Å². The van der Waals surface area contributed by atoms with Crippen molar-refractivity contribution in [1.29, 1.82) is 5.26 Å². The van der Waals surface area contributed by atoms with E-state index in [-0.39, 0.29) is 45.6 Å². The zero-order chi connectivity index (χ0) is 27.4. The van der Waals surface area contributed by atoms with Crippen LogP contribution in [0, 0.1) is 17.2 Å². The number of halogens is 2. The smallest absolute Gasteiger partial charge is 0.349 e. The van der Waals surface area contributed by atoms with Crippen LogP contribution in [0.3, 0.4) is 0 Å². The van der Waals surface area contributed by atoms with Crippen LogP contribution < -0.4 is 21.5 Å². The molecule has 1 aromatic carbocycles. The van der Waals surface area contributed by atoms with E-state index in [1.807, 2.05) is 18.8 Å². The third-order valence-electron chi connectivity index (χ3n) is 4.89. The van der Waals surface area contributed by atoms with Gasteiger partial charge in [-0.05, 0) is 24.0 Å². The summed E-state index contributed by atoms with van der Waals surface area (Å²) in [5.74, 6) is -0.705. The fourth-order valence-electron chi connectivity index (χ4n) is 3.13. The average Bonchev–Trinajstić information content (AvgIpc) is 2.80. The fourth-order valence-corrected chi connectivity index (χ4v) is 3.69. The summed E-state index contributed by atoms with van der Waals surface area (Å²) in [6.07, 6.45) is 0.183. The number of nitrogens with zero attached hydrogens (tertiary/aromatic N) is 5. The molecule has 12 nitrogen and oxygen atoms in total. The lowest BCUT2D eigenvalue weighted by atomic mass is 10.1. The molecular formula is C23H22Cl2N6O6. The van der Waals surface area contributed by atoms with Gasteiger partial charge in [0.05, 0.1) is 15.7 Å². The van der Waals surface area contributed by atoms with Gasteiger partial charge in [-0.25, -0.2) is 4.79 Å². The first-order valence-electron chi connectivity index (χ1n) is 11.0. The van der Waals surface area contributed by atoms with Crippen LogP contribution in [-0.2, 0) is 16.3 Å². The Labute approximate surface area is 220 Å². The molecule has 37 heavy (non-hydrogen) atoms. The normalized spacial score (nSPS) is 11.0. The molecule has 0 bridgehead atoms. The van der Waals surface area contributed by atoms with Crippen LogP contribution >= 0.6 is 23.2 Å². The first kappa shape index (κ1) is 27.6. The fraction of sp³-hybridized carbons (Fsp3) is 0.348. The van der Waals surface area contributed by atoms with Gasteiger partial charge in [0, 0.05) is 18.1 Å². The van der Waals surface area contributed by atoms with Crippen molar-refractivity contribution in [1.82, 2.24) is 24.5 Å². The van der Waals surface area contributed by atoms with Crippen LogP contribution in [0.15, 0.2) is 32.6 Å². The number of carbonyl (C=O) groups excluding carboxylic acids is 1. The number of rotatable bonds is 8. The zero-order valence-corrected chi connectivity index (χ0v) is 21.8. The van der Waals surface area contributed by atoms with E-state index in [9.17, 15) is 19.2 Å². The summed E-state index contributed by atoms with van der Waals surface area (Å²) in [4.78, 5) is 50.5. The van der Waals surface area contributed by atoms with Crippen LogP contribution in [0.5, 0.6) is 11.6 Å². The molecule has 0 amide bonds. The predicted octanol–water partition coefficient (Wildman–Crippen LogP) is 3.12. The van der Waals surface area contributed by atoms with Crippen LogP contribution in [0.25, 0.3) is 5.69 Å². The highest BCUT2D eigenvalue weighted by Crippen LogP contribution is 2.37. The molecule has 0 aliphatic rings. The Morgan fingerprint density at radius 3 is 2.32 bits per heavy atom. The van der Waals surface area contributed by atoms with Crippen molar-refractivity contribution in [2.24, 2.45) is 5.92 Å². The number of H-pyrrole nitrogens is 1. The quantitative estimate of drug-likeness (QED) is 0.416. The second-order valence-corrected chi connectivity index (χ2v) is 9.43. The lowest BCUT2D eigenvalue weighted by Gasteiger charge is -2.15. The number of benzene rings is 1. The highest BCUT2D eigenvalue weighted by atomic mass is 35.5. The van der Waals surface area contributed by atoms with E-state index in [0.29, 0.717) is 5.56 Å². The summed E-state index contributed by atoms with van der Waals surface area (Å²) < 4.78 is 12.7. The number of esters is 1. The molecule has 0 unspecified atom stereocenters. The topological polar surface area (TPSA) is 162 Å². The molecule has 14 heteroatoms. The second-order valence-electron chi connectivity index (χ2n) is 8.61. The number of hydrogen-bond acceptors (Lipinski definition) is 9. The van der Waals surface area contributed by atoms with Crippen LogP contribution in [0.2, 0.25) is 10.0 Å². The number of aromatic nitrogens is 5. The van der Waals surface area contributed by atoms with E-state index < -0.39 is 35.2 Å². The van der Waals surface area contributed by atoms with Gasteiger partial charge < -0.3 is 9.47 Å². The van der Waals surface area contributed by atoms with Gasteiger partial charge in [-0.15, -0.1) is 10.2 Å². The van der Waals surface area contributed by atoms with Gasteiger partial charge in [0.15, 0.2) is 12.5 Å². The van der Waals surface area contributed by atoms with Crippen molar-refractivity contribution < 1.29 is 14.3 Å². The van der Waals surface area contributed by atoms with Crippen molar-refractivity contribution in [3.05, 3.63) is 70.7 Å². The number of carbonyl (C=O) groups is 1. The van der Waals surface area contributed by atoms with Gasteiger partial charge in [-0.1, -0.05) is 50.9 Å². The average molecular weight is 549 g/mol. The Morgan fingerprint density at radius 1 is 1.11 bits per heavy atom. The Balaban J connectivity index is 1.99. The standard InChI is InChI=1S/C23H22Cl2N6O6/c1-11(2)5-19(32)36-10-30-22(34)14(12(3)4)8-18(29-30)37-20-15(24)6-13(7-16(20)25)31-23(35)27-21(33)17(9-26)28-31/h6-8,11-12H,5,10H2,1-4H3,(H,27,33,35). The van der Waals surface area contributed by atoms with Crippen LogP contribution in [0.1, 0.15) is 51.3 Å². The molecule has 194 valence electrons. The van der Waals surface area contributed by atoms with Gasteiger partial charge in [0.2, 0.25) is 11.6 Å². The number of ether oxygens (including phenoxy) is 2. The molecule has 1 N–H and O–H groups in total. The maximum Gasteiger partial charge on any atom is 0.349 e. The number of aromatic amines is 1. The minimum Gasteiger partial charge on any atom is -0.442 e. The first-order chi connectivity index (χ1) is 17.4. The van der Waals surface area contributed by atoms with Gasteiger partial charge in [-0.2, -0.15) is 14.6 Å². The summed E-state index contributed by atoms with van der Waals surface area (Å²) in [7, 11) is 0. The molecule has 3 aromatic rings. The molecule has 0 aliphatic heterocycles. The molecule has 0 saturated carbocycles. The molecular weight excluding hydrogens is 527 g/mol. The Hall–Kier alpha value is -3.95. The molecule has 2 aromatic heterocycles. The van der Waals surface area contributed by atoms with E-state index in [1.165, 1.54) is 18.2 Å². The Bertz CT molecular complexity index is 1540. The van der Waals surface area contributed by atoms with Gasteiger partial charge in [0.25, 0.3) is 11.1 Å². The summed E-state index contributed by atoms with van der Waals surface area (Å²) in [6, 6.07) is 5.57. The van der Waals surface area contributed by atoms with Crippen molar-refractivity contribution in [3.63, 3.8) is 0 Å². The highest BCUT2D eigenvalue weighted by molar-refractivity contribution is 6.37. The third-order valence-corrected chi connectivity index (χ3v) is 5.45. The number of nitrogens with one attached hydrogen (secondary N) is 1. The molecule has 0 fully saturated rings. The Morgan fingerprint density at radius 2 is 1.76 bits per heavy atom. The van der Waals surface area contributed by atoms with Crippen molar-refractivity contribution in [2.45, 2.75) is 46.8 Å². The molecule has 0 atom stereocenters. The lowest BCUT2D eigenvalue weighted by molar-refractivity contribution is -0.149. The minimum absolute atomic E-state index is 0.0470. The Kier molecular flexibility index (Phi) is 8.52. The monoisotopic (exact) mass is 548 g/mol. The second kappa shape index (κ2) is 11.4. The lowest BCUT2D eigenvalue weighted by Crippen LogP contribution is -2.33. The summed E-state index contributed by atoms with van der Waals surface area (Å²) in [5, 5.41) is 16.7. The SMILES string of the molecule is CC(C)CC(=O)OCn1nc(Oc2c(Cl)cc(-n3nc(C#N)c(=O)[nH]c3=O)cc2Cl)cc(C(C)C)c1=O. The molecule has 0 spiro atoms.